The largest absolute Gasteiger partial charge is 0.455 e. The predicted octanol–water partition coefficient (Wildman–Crippen LogP) is 12.4. The molecule has 4 nitrogen and oxygen atoms in total. The third-order valence-electron chi connectivity index (χ3n) is 9.75. The fraction of sp³-hybridized carbons (Fsp3) is 0. The number of aromatic nitrogens is 3. The molecule has 8 aromatic carbocycles. The molecule has 2 heterocycles. The van der Waals surface area contributed by atoms with Gasteiger partial charge in [0, 0.05) is 21.9 Å². The van der Waals surface area contributed by atoms with E-state index in [1.54, 1.807) is 0 Å². The first kappa shape index (κ1) is 29.0. The van der Waals surface area contributed by atoms with Gasteiger partial charge < -0.3 is 4.42 Å². The van der Waals surface area contributed by atoms with Crippen LogP contribution in [-0.4, -0.2) is 15.0 Å². The van der Waals surface area contributed by atoms with Gasteiger partial charge in [-0.2, -0.15) is 0 Å². The molecule has 0 aliphatic rings. The van der Waals surface area contributed by atoms with Crippen molar-refractivity contribution in [3.63, 3.8) is 0 Å². The van der Waals surface area contributed by atoms with E-state index in [4.69, 9.17) is 19.4 Å². The Morgan fingerprint density at radius 2 is 0.843 bits per heavy atom. The van der Waals surface area contributed by atoms with Crippen molar-refractivity contribution in [3.8, 4) is 56.4 Å². The highest BCUT2D eigenvalue weighted by molar-refractivity contribution is 6.09. The summed E-state index contributed by atoms with van der Waals surface area (Å²) in [6.07, 6.45) is 0. The Bertz CT molecular complexity index is 2900. The highest BCUT2D eigenvalue weighted by atomic mass is 16.3. The molecule has 10 rings (SSSR count). The minimum absolute atomic E-state index is 0.566. The van der Waals surface area contributed by atoms with E-state index in [0.717, 1.165) is 49.8 Å². The lowest BCUT2D eigenvalue weighted by Gasteiger charge is -2.11. The summed E-state index contributed by atoms with van der Waals surface area (Å²) in [5, 5.41) is 6.99. The first-order valence-electron chi connectivity index (χ1n) is 17.1. The summed E-state index contributed by atoms with van der Waals surface area (Å²) < 4.78 is 6.42. The maximum absolute atomic E-state index is 6.42. The number of hydrogen-bond donors (Lipinski definition) is 0. The average Bonchev–Trinajstić information content (AvgIpc) is 3.59. The van der Waals surface area contributed by atoms with E-state index in [2.05, 4.69) is 146 Å². The number of fused-ring (bicyclic) bond motifs is 5. The van der Waals surface area contributed by atoms with E-state index in [1.807, 2.05) is 30.3 Å². The van der Waals surface area contributed by atoms with Crippen molar-refractivity contribution in [2.75, 3.05) is 0 Å². The second-order valence-corrected chi connectivity index (χ2v) is 12.8. The summed E-state index contributed by atoms with van der Waals surface area (Å²) in [4.78, 5) is 15.2. The first-order chi connectivity index (χ1) is 25.2. The molecule has 4 heteroatoms. The van der Waals surface area contributed by atoms with Crippen LogP contribution in [0.1, 0.15) is 0 Å². The van der Waals surface area contributed by atoms with E-state index in [9.17, 15) is 0 Å². The van der Waals surface area contributed by atoms with E-state index in [1.165, 1.54) is 32.7 Å². The number of rotatable bonds is 5. The molecule has 0 aliphatic carbocycles. The van der Waals surface area contributed by atoms with Gasteiger partial charge in [0.2, 0.25) is 0 Å². The van der Waals surface area contributed by atoms with Crippen LogP contribution in [-0.2, 0) is 0 Å². The molecule has 2 aromatic heterocycles. The van der Waals surface area contributed by atoms with Crippen LogP contribution in [0.5, 0.6) is 0 Å². The lowest BCUT2D eigenvalue weighted by Crippen LogP contribution is -2.00. The van der Waals surface area contributed by atoms with Crippen LogP contribution in [0.15, 0.2) is 180 Å². The van der Waals surface area contributed by atoms with Crippen LogP contribution in [0.2, 0.25) is 0 Å². The molecule has 0 saturated carbocycles. The van der Waals surface area contributed by atoms with Gasteiger partial charge in [0.1, 0.15) is 11.2 Å². The average molecular weight is 652 g/mol. The van der Waals surface area contributed by atoms with Crippen molar-refractivity contribution in [2.24, 2.45) is 0 Å². The van der Waals surface area contributed by atoms with E-state index >= 15 is 0 Å². The second-order valence-electron chi connectivity index (χ2n) is 12.8. The van der Waals surface area contributed by atoms with Crippen molar-refractivity contribution in [1.29, 1.82) is 0 Å². The highest BCUT2D eigenvalue weighted by Gasteiger charge is 2.18. The first-order valence-corrected chi connectivity index (χ1v) is 17.1. The van der Waals surface area contributed by atoms with Crippen LogP contribution < -0.4 is 0 Å². The third-order valence-corrected chi connectivity index (χ3v) is 9.75. The SMILES string of the molecule is c1ccc2cc(-c3ccc(-c4nc(-c5ccc(-c6cccc7ccccc67)cc5)nc(-c5cccc6c5oc5ccccc56)n4)cc3)ccc2c1. The smallest absolute Gasteiger partial charge is 0.167 e. The van der Waals surface area contributed by atoms with Crippen molar-refractivity contribution >= 4 is 43.5 Å². The van der Waals surface area contributed by atoms with Gasteiger partial charge in [-0.15, -0.1) is 0 Å². The monoisotopic (exact) mass is 651 g/mol. The zero-order valence-corrected chi connectivity index (χ0v) is 27.5. The Labute approximate surface area is 294 Å². The van der Waals surface area contributed by atoms with Gasteiger partial charge in [0.15, 0.2) is 17.5 Å². The van der Waals surface area contributed by atoms with E-state index in [0.29, 0.717) is 17.5 Å². The summed E-state index contributed by atoms with van der Waals surface area (Å²) in [5.74, 6) is 1.77. The molecule has 0 fully saturated rings. The normalized spacial score (nSPS) is 11.5. The van der Waals surface area contributed by atoms with E-state index in [-0.39, 0.29) is 0 Å². The molecule has 238 valence electrons. The van der Waals surface area contributed by atoms with Crippen LogP contribution in [0.25, 0.3) is 99.9 Å². The molecule has 0 N–H and O–H groups in total. The quantitative estimate of drug-likeness (QED) is 0.186. The lowest BCUT2D eigenvalue weighted by atomic mass is 9.97. The molecule has 51 heavy (non-hydrogen) atoms. The van der Waals surface area contributed by atoms with Crippen molar-refractivity contribution < 1.29 is 4.42 Å². The Morgan fingerprint density at radius 3 is 1.63 bits per heavy atom. The molecule has 0 radical (unpaired) electrons. The van der Waals surface area contributed by atoms with Gasteiger partial charge in [0.05, 0.1) is 5.56 Å². The molecule has 0 bridgehead atoms. The fourth-order valence-electron chi connectivity index (χ4n) is 7.13. The van der Waals surface area contributed by atoms with Gasteiger partial charge in [-0.05, 0) is 62.0 Å². The zero-order valence-electron chi connectivity index (χ0n) is 27.5. The Balaban J connectivity index is 1.10. The zero-order chi connectivity index (χ0) is 33.7. The molecule has 0 saturated heterocycles. The van der Waals surface area contributed by atoms with Gasteiger partial charge >= 0.3 is 0 Å². The number of benzene rings is 8. The summed E-state index contributed by atoms with van der Waals surface area (Å²) in [5.41, 5.74) is 8.88. The predicted molar refractivity (Wildman–Crippen MR) is 209 cm³/mol. The Kier molecular flexibility index (Phi) is 6.78. The minimum Gasteiger partial charge on any atom is -0.455 e. The third kappa shape index (κ3) is 5.13. The number of nitrogens with zero attached hydrogens (tertiary/aromatic N) is 3. The maximum Gasteiger partial charge on any atom is 0.167 e. The molecular weight excluding hydrogens is 623 g/mol. The second kappa shape index (κ2) is 11.9. The molecule has 0 unspecified atom stereocenters. The maximum atomic E-state index is 6.42. The minimum atomic E-state index is 0.566. The number of furan rings is 1. The highest BCUT2D eigenvalue weighted by Crippen LogP contribution is 2.36. The molecule has 0 atom stereocenters. The van der Waals surface area contributed by atoms with Gasteiger partial charge in [0.25, 0.3) is 0 Å². The standard InChI is InChI=1S/C47H29N3O/c1-2-11-36-29-37(28-21-30(36)9-1)31-19-24-34(25-20-31)45-48-46(35-26-22-33(23-27-35)39-15-7-12-32-10-3-4-13-38(32)39)50-47(49-45)42-17-8-16-41-40-14-5-6-18-43(40)51-44(41)42/h1-29H. The van der Waals surface area contributed by atoms with E-state index < -0.39 is 0 Å². The summed E-state index contributed by atoms with van der Waals surface area (Å²) in [6.45, 7) is 0. The van der Waals surface area contributed by atoms with Crippen molar-refractivity contribution in [2.45, 2.75) is 0 Å². The lowest BCUT2D eigenvalue weighted by molar-refractivity contribution is 0.669. The summed E-state index contributed by atoms with van der Waals surface area (Å²) >= 11 is 0. The Morgan fingerprint density at radius 1 is 0.314 bits per heavy atom. The van der Waals surface area contributed by atoms with Crippen LogP contribution in [0.3, 0.4) is 0 Å². The van der Waals surface area contributed by atoms with Gasteiger partial charge in [-0.3, -0.25) is 0 Å². The van der Waals surface area contributed by atoms with Crippen LogP contribution >= 0.6 is 0 Å². The van der Waals surface area contributed by atoms with Crippen molar-refractivity contribution in [1.82, 2.24) is 15.0 Å². The number of para-hydroxylation sites is 2. The Hall–Kier alpha value is -6.91. The topological polar surface area (TPSA) is 51.8 Å². The molecule has 10 aromatic rings. The van der Waals surface area contributed by atoms with Crippen LogP contribution in [0.4, 0.5) is 0 Å². The number of hydrogen-bond acceptors (Lipinski definition) is 4. The molecule has 0 aliphatic heterocycles. The van der Waals surface area contributed by atoms with Crippen LogP contribution in [0, 0.1) is 0 Å². The van der Waals surface area contributed by atoms with Gasteiger partial charge in [-0.25, -0.2) is 15.0 Å². The summed E-state index contributed by atoms with van der Waals surface area (Å²) in [6, 6.07) is 61.2. The fourth-order valence-corrected chi connectivity index (χ4v) is 7.13. The molecule has 0 amide bonds. The molecular formula is C47H29N3O. The molecule has 0 spiro atoms. The summed E-state index contributed by atoms with van der Waals surface area (Å²) in [7, 11) is 0. The van der Waals surface area contributed by atoms with Gasteiger partial charge in [-0.1, -0.05) is 158 Å². The van der Waals surface area contributed by atoms with Crippen molar-refractivity contribution in [3.05, 3.63) is 176 Å².